The SMILES string of the molecule is COCCN(C)C(=O)c1sc2ncnc(NCc3ccccc3OC)c2c1C. The minimum Gasteiger partial charge on any atom is -0.496 e. The number of nitrogens with zero attached hydrogens (tertiary/aromatic N) is 3. The molecule has 0 atom stereocenters. The molecule has 1 N–H and O–H groups in total. The number of hydrogen-bond donors (Lipinski definition) is 1. The molecule has 28 heavy (non-hydrogen) atoms. The number of benzene rings is 1. The van der Waals surface area contributed by atoms with E-state index in [0.29, 0.717) is 30.4 Å². The average molecular weight is 401 g/mol. The van der Waals surface area contributed by atoms with Gasteiger partial charge in [-0.05, 0) is 18.6 Å². The van der Waals surface area contributed by atoms with Crippen LogP contribution in [-0.2, 0) is 11.3 Å². The molecule has 3 rings (SSSR count). The van der Waals surface area contributed by atoms with Crippen molar-refractivity contribution in [2.75, 3.05) is 39.7 Å². The monoisotopic (exact) mass is 400 g/mol. The number of para-hydroxylation sites is 1. The van der Waals surface area contributed by atoms with Gasteiger partial charge in [0.25, 0.3) is 5.91 Å². The Morgan fingerprint density at radius 1 is 1.25 bits per heavy atom. The van der Waals surface area contributed by atoms with E-state index in [1.54, 1.807) is 26.2 Å². The molecule has 0 aliphatic rings. The number of thiophene rings is 1. The highest BCUT2D eigenvalue weighted by Crippen LogP contribution is 2.34. The summed E-state index contributed by atoms with van der Waals surface area (Å²) in [5.74, 6) is 1.49. The van der Waals surface area contributed by atoms with Crippen molar-refractivity contribution < 1.29 is 14.3 Å². The van der Waals surface area contributed by atoms with Crippen molar-refractivity contribution in [1.82, 2.24) is 14.9 Å². The van der Waals surface area contributed by atoms with Crippen LogP contribution in [0.1, 0.15) is 20.8 Å². The Morgan fingerprint density at radius 3 is 2.79 bits per heavy atom. The third-order valence-corrected chi connectivity index (χ3v) is 5.73. The molecule has 3 aromatic rings. The Hall–Kier alpha value is -2.71. The molecule has 0 fully saturated rings. The maximum Gasteiger partial charge on any atom is 0.264 e. The molecule has 0 saturated carbocycles. The predicted molar refractivity (Wildman–Crippen MR) is 111 cm³/mol. The van der Waals surface area contributed by atoms with Gasteiger partial charge in [0.05, 0.1) is 24.0 Å². The number of fused-ring (bicyclic) bond motifs is 1. The molecular formula is C20H24N4O3S. The van der Waals surface area contributed by atoms with E-state index in [1.807, 2.05) is 31.2 Å². The van der Waals surface area contributed by atoms with Crippen LogP contribution in [0.3, 0.4) is 0 Å². The summed E-state index contributed by atoms with van der Waals surface area (Å²) >= 11 is 1.39. The lowest BCUT2D eigenvalue weighted by molar-refractivity contribution is 0.0748. The third kappa shape index (κ3) is 4.07. The maximum absolute atomic E-state index is 12.8. The first-order valence-corrected chi connectivity index (χ1v) is 9.72. The highest BCUT2D eigenvalue weighted by atomic mass is 32.1. The molecule has 0 bridgehead atoms. The summed E-state index contributed by atoms with van der Waals surface area (Å²) in [4.78, 5) is 24.7. The van der Waals surface area contributed by atoms with Gasteiger partial charge in [0, 0.05) is 32.8 Å². The summed E-state index contributed by atoms with van der Waals surface area (Å²) in [5, 5.41) is 4.25. The van der Waals surface area contributed by atoms with Gasteiger partial charge >= 0.3 is 0 Å². The van der Waals surface area contributed by atoms with Crippen molar-refractivity contribution in [2.24, 2.45) is 0 Å². The van der Waals surface area contributed by atoms with Crippen LogP contribution in [0.15, 0.2) is 30.6 Å². The average Bonchev–Trinajstić information content (AvgIpc) is 3.07. The number of aromatic nitrogens is 2. The number of carbonyl (C=O) groups excluding carboxylic acids is 1. The van der Waals surface area contributed by atoms with Gasteiger partial charge in [0.1, 0.15) is 22.7 Å². The van der Waals surface area contributed by atoms with Crippen molar-refractivity contribution in [3.05, 3.63) is 46.6 Å². The Kier molecular flexibility index (Phi) is 6.43. The zero-order valence-corrected chi connectivity index (χ0v) is 17.3. The second-order valence-electron chi connectivity index (χ2n) is 6.34. The molecule has 0 radical (unpaired) electrons. The summed E-state index contributed by atoms with van der Waals surface area (Å²) in [7, 11) is 5.05. The van der Waals surface area contributed by atoms with Crippen LogP contribution in [0, 0.1) is 6.92 Å². The lowest BCUT2D eigenvalue weighted by Gasteiger charge is -2.16. The van der Waals surface area contributed by atoms with Crippen molar-refractivity contribution in [1.29, 1.82) is 0 Å². The van der Waals surface area contributed by atoms with Crippen LogP contribution >= 0.6 is 11.3 Å². The first-order valence-electron chi connectivity index (χ1n) is 8.91. The van der Waals surface area contributed by atoms with Crippen molar-refractivity contribution >= 4 is 33.3 Å². The number of rotatable bonds is 8. The number of ether oxygens (including phenoxy) is 2. The lowest BCUT2D eigenvalue weighted by atomic mass is 10.1. The van der Waals surface area contributed by atoms with E-state index >= 15 is 0 Å². The molecule has 0 aliphatic carbocycles. The Bertz CT molecular complexity index is 973. The van der Waals surface area contributed by atoms with Crippen molar-refractivity contribution in [3.8, 4) is 5.75 Å². The van der Waals surface area contributed by atoms with Gasteiger partial charge in [-0.25, -0.2) is 9.97 Å². The summed E-state index contributed by atoms with van der Waals surface area (Å²) in [5.41, 5.74) is 1.91. The van der Waals surface area contributed by atoms with E-state index in [1.165, 1.54) is 17.7 Å². The zero-order valence-electron chi connectivity index (χ0n) is 16.5. The molecule has 2 heterocycles. The van der Waals surface area contributed by atoms with Gasteiger partial charge in [-0.2, -0.15) is 0 Å². The van der Waals surface area contributed by atoms with E-state index in [9.17, 15) is 4.79 Å². The van der Waals surface area contributed by atoms with E-state index in [-0.39, 0.29) is 5.91 Å². The molecule has 0 spiro atoms. The molecule has 8 heteroatoms. The number of methoxy groups -OCH3 is 2. The van der Waals surface area contributed by atoms with E-state index < -0.39 is 0 Å². The topological polar surface area (TPSA) is 76.6 Å². The van der Waals surface area contributed by atoms with Crippen LogP contribution in [-0.4, -0.2) is 55.2 Å². The van der Waals surface area contributed by atoms with Gasteiger partial charge < -0.3 is 19.7 Å². The van der Waals surface area contributed by atoms with Crippen molar-refractivity contribution in [3.63, 3.8) is 0 Å². The second-order valence-corrected chi connectivity index (χ2v) is 7.34. The fourth-order valence-corrected chi connectivity index (χ4v) is 4.08. The zero-order chi connectivity index (χ0) is 20.1. The predicted octanol–water partition coefficient (Wildman–Crippen LogP) is 3.34. The first-order chi connectivity index (χ1) is 13.6. The summed E-state index contributed by atoms with van der Waals surface area (Å²) in [6.07, 6.45) is 1.52. The summed E-state index contributed by atoms with van der Waals surface area (Å²) in [6, 6.07) is 7.84. The number of likely N-dealkylation sites (N-methyl/N-ethyl adjacent to an activating group) is 1. The number of hydrogen-bond acceptors (Lipinski definition) is 7. The van der Waals surface area contributed by atoms with Gasteiger partial charge in [0.2, 0.25) is 0 Å². The second kappa shape index (κ2) is 8.99. The Morgan fingerprint density at radius 2 is 2.04 bits per heavy atom. The van der Waals surface area contributed by atoms with Gasteiger partial charge in [-0.1, -0.05) is 18.2 Å². The highest BCUT2D eigenvalue weighted by molar-refractivity contribution is 7.20. The van der Waals surface area contributed by atoms with Gasteiger partial charge in [-0.3, -0.25) is 4.79 Å². The molecule has 0 saturated heterocycles. The Labute approximate surface area is 168 Å². The quantitative estimate of drug-likeness (QED) is 0.625. The number of carbonyl (C=O) groups is 1. The highest BCUT2D eigenvalue weighted by Gasteiger charge is 2.21. The molecule has 0 unspecified atom stereocenters. The maximum atomic E-state index is 12.8. The smallest absolute Gasteiger partial charge is 0.264 e. The standard InChI is InChI=1S/C20H24N4O3S/c1-13-16-18(21-11-14-7-5-6-8-15(14)27-4)22-12-23-19(16)28-17(13)20(25)24(2)9-10-26-3/h5-8,12H,9-11H2,1-4H3,(H,21,22,23). The van der Waals surface area contributed by atoms with E-state index in [4.69, 9.17) is 9.47 Å². The third-order valence-electron chi connectivity index (χ3n) is 4.54. The van der Waals surface area contributed by atoms with Crippen LogP contribution in [0.2, 0.25) is 0 Å². The number of anilines is 1. The Balaban J connectivity index is 1.88. The first kappa shape index (κ1) is 20.0. The lowest BCUT2D eigenvalue weighted by Crippen LogP contribution is -2.29. The largest absolute Gasteiger partial charge is 0.496 e. The van der Waals surface area contributed by atoms with Crippen LogP contribution < -0.4 is 10.1 Å². The van der Waals surface area contributed by atoms with Gasteiger partial charge in [0.15, 0.2) is 0 Å². The van der Waals surface area contributed by atoms with Crippen LogP contribution in [0.4, 0.5) is 5.82 Å². The van der Waals surface area contributed by atoms with Crippen molar-refractivity contribution in [2.45, 2.75) is 13.5 Å². The molecule has 0 aliphatic heterocycles. The molecule has 1 amide bonds. The summed E-state index contributed by atoms with van der Waals surface area (Å²) in [6.45, 7) is 3.53. The minimum atomic E-state index is -0.0340. The number of amides is 1. The fraction of sp³-hybridized carbons (Fsp3) is 0.350. The summed E-state index contributed by atoms with van der Waals surface area (Å²) < 4.78 is 10.5. The molecule has 148 valence electrons. The molecule has 7 nitrogen and oxygen atoms in total. The van der Waals surface area contributed by atoms with E-state index in [2.05, 4.69) is 15.3 Å². The fourth-order valence-electron chi connectivity index (χ4n) is 2.94. The van der Waals surface area contributed by atoms with Crippen LogP contribution in [0.25, 0.3) is 10.2 Å². The van der Waals surface area contributed by atoms with Gasteiger partial charge in [-0.15, -0.1) is 11.3 Å². The molecule has 2 aromatic heterocycles. The molecular weight excluding hydrogens is 376 g/mol. The number of aryl methyl sites for hydroxylation is 1. The minimum absolute atomic E-state index is 0.0340. The normalized spacial score (nSPS) is 10.9. The number of nitrogens with one attached hydrogen (secondary N) is 1. The van der Waals surface area contributed by atoms with Crippen LogP contribution in [0.5, 0.6) is 5.75 Å². The van der Waals surface area contributed by atoms with E-state index in [0.717, 1.165) is 27.1 Å². The molecule has 1 aromatic carbocycles.